The summed E-state index contributed by atoms with van der Waals surface area (Å²) in [4.78, 5) is 36.2. The molecule has 1 heterocycles. The first-order chi connectivity index (χ1) is 18.5. The normalized spacial score (nSPS) is 16.5. The van der Waals surface area contributed by atoms with Gasteiger partial charge in [0.05, 0.1) is 10.5 Å². The summed E-state index contributed by atoms with van der Waals surface area (Å²) in [6.07, 6.45) is 0.615. The van der Waals surface area contributed by atoms with Crippen molar-refractivity contribution < 1.29 is 33.0 Å². The molecule has 1 aliphatic heterocycles. The van der Waals surface area contributed by atoms with Crippen molar-refractivity contribution in [2.75, 3.05) is 6.54 Å². The minimum absolute atomic E-state index is 0.0418. The summed E-state index contributed by atoms with van der Waals surface area (Å²) < 4.78 is 27.5. The molecule has 3 aromatic rings. The highest BCUT2D eigenvalue weighted by molar-refractivity contribution is 7.89. The zero-order chi connectivity index (χ0) is 28.3. The maximum Gasteiger partial charge on any atom is 0.335 e. The lowest BCUT2D eigenvalue weighted by atomic mass is 9.99. The Hall–Kier alpha value is -3.44. The average molecular weight is 591 g/mol. The molecule has 9 nitrogen and oxygen atoms in total. The zero-order valence-corrected chi connectivity index (χ0v) is 22.7. The maximum absolute atomic E-state index is 13.3. The zero-order valence-electron chi connectivity index (χ0n) is 20.4. The minimum atomic E-state index is -4.11. The molecule has 0 unspecified atom stereocenters. The number of amides is 1. The van der Waals surface area contributed by atoms with Gasteiger partial charge in [-0.3, -0.25) is 4.79 Å². The fourth-order valence-electron chi connectivity index (χ4n) is 4.47. The van der Waals surface area contributed by atoms with Crippen LogP contribution in [-0.4, -0.2) is 59.4 Å². The summed E-state index contributed by atoms with van der Waals surface area (Å²) >= 11 is 11.9. The van der Waals surface area contributed by atoms with Crippen molar-refractivity contribution in [3.63, 3.8) is 0 Å². The molecule has 3 aromatic carbocycles. The number of carbonyl (C=O) groups excluding carboxylic acids is 1. The average Bonchev–Trinajstić information content (AvgIpc) is 3.39. The Balaban J connectivity index is 1.48. The lowest BCUT2D eigenvalue weighted by molar-refractivity contribution is -0.142. The molecule has 0 spiro atoms. The van der Waals surface area contributed by atoms with Gasteiger partial charge in [-0.05, 0) is 59.9 Å². The Kier molecular flexibility index (Phi) is 8.60. The van der Waals surface area contributed by atoms with Crippen LogP contribution in [0.5, 0.6) is 0 Å². The summed E-state index contributed by atoms with van der Waals surface area (Å²) in [7, 11) is -4.11. The summed E-state index contributed by atoms with van der Waals surface area (Å²) in [6.45, 7) is 0.0901. The lowest BCUT2D eigenvalue weighted by Crippen LogP contribution is -2.51. The van der Waals surface area contributed by atoms with Gasteiger partial charge in [0.1, 0.15) is 12.1 Å². The van der Waals surface area contributed by atoms with Crippen molar-refractivity contribution in [1.29, 1.82) is 0 Å². The minimum Gasteiger partial charge on any atom is -0.480 e. The van der Waals surface area contributed by atoms with Crippen LogP contribution in [0.4, 0.5) is 0 Å². The van der Waals surface area contributed by atoms with Crippen LogP contribution < -0.4 is 5.32 Å². The number of carboxylic acid groups (broad SMARTS) is 2. The standard InChI is InChI=1S/C27H24Cl2N2O7S/c28-20-13-21(29)15-22(14-20)39(37,38)31-10-2-5-24(31)25(32)30-23(27(35)36)11-16-6-8-17(9-7-16)18-3-1-4-19(12-18)26(33)34/h1,3-4,6-9,12-15,23-24H,2,5,10-11H2,(H,30,32)(H,33,34)(H,35,36)/t23-,24-/m0/s1. The molecule has 2 atom stereocenters. The molecule has 1 aliphatic rings. The van der Waals surface area contributed by atoms with Gasteiger partial charge in [0.2, 0.25) is 15.9 Å². The van der Waals surface area contributed by atoms with Crippen molar-refractivity contribution in [3.05, 3.63) is 87.9 Å². The Labute approximate surface area is 235 Å². The van der Waals surface area contributed by atoms with Gasteiger partial charge >= 0.3 is 11.9 Å². The number of hydrogen-bond acceptors (Lipinski definition) is 5. The Bertz CT molecular complexity index is 1510. The van der Waals surface area contributed by atoms with Gasteiger partial charge in [-0.25, -0.2) is 18.0 Å². The quantitative estimate of drug-likeness (QED) is 0.337. The second-order valence-electron chi connectivity index (χ2n) is 9.07. The smallest absolute Gasteiger partial charge is 0.335 e. The molecule has 3 N–H and O–H groups in total. The number of nitrogens with one attached hydrogen (secondary N) is 1. The number of sulfonamides is 1. The van der Waals surface area contributed by atoms with Gasteiger partial charge in [0.15, 0.2) is 0 Å². The second kappa shape index (κ2) is 11.7. The van der Waals surface area contributed by atoms with Crippen molar-refractivity contribution in [3.8, 4) is 11.1 Å². The number of carboxylic acids is 2. The number of hydrogen-bond donors (Lipinski definition) is 3. The third kappa shape index (κ3) is 6.59. The molecular weight excluding hydrogens is 567 g/mol. The monoisotopic (exact) mass is 590 g/mol. The van der Waals surface area contributed by atoms with Crippen LogP contribution in [0.25, 0.3) is 11.1 Å². The van der Waals surface area contributed by atoms with E-state index in [2.05, 4.69) is 5.32 Å². The van der Waals surface area contributed by atoms with Crippen LogP contribution in [0.15, 0.2) is 71.6 Å². The predicted molar refractivity (Wildman–Crippen MR) is 145 cm³/mol. The van der Waals surface area contributed by atoms with Crippen LogP contribution in [0.2, 0.25) is 10.0 Å². The first kappa shape index (κ1) is 28.6. The van der Waals surface area contributed by atoms with Crippen molar-refractivity contribution >= 4 is 51.1 Å². The van der Waals surface area contributed by atoms with E-state index in [1.807, 2.05) is 0 Å². The van der Waals surface area contributed by atoms with Gasteiger partial charge < -0.3 is 15.5 Å². The molecule has 0 saturated carbocycles. The van der Waals surface area contributed by atoms with E-state index in [0.29, 0.717) is 17.5 Å². The Morgan fingerprint density at radius 3 is 2.23 bits per heavy atom. The van der Waals surface area contributed by atoms with Crippen LogP contribution in [0, 0.1) is 0 Å². The van der Waals surface area contributed by atoms with Crippen molar-refractivity contribution in [2.45, 2.75) is 36.2 Å². The molecule has 1 amide bonds. The van der Waals surface area contributed by atoms with E-state index in [-0.39, 0.29) is 39.9 Å². The molecule has 39 heavy (non-hydrogen) atoms. The molecule has 1 fully saturated rings. The molecule has 0 aliphatic carbocycles. The highest BCUT2D eigenvalue weighted by atomic mass is 35.5. The van der Waals surface area contributed by atoms with Gasteiger partial charge in [0, 0.05) is 23.0 Å². The lowest BCUT2D eigenvalue weighted by Gasteiger charge is -2.25. The summed E-state index contributed by atoms with van der Waals surface area (Å²) in [6, 6.07) is 14.8. The summed E-state index contributed by atoms with van der Waals surface area (Å²) in [5.74, 6) is -3.02. The maximum atomic E-state index is 13.3. The van der Waals surface area contributed by atoms with E-state index < -0.39 is 40.0 Å². The molecule has 1 saturated heterocycles. The number of aliphatic carboxylic acids is 1. The largest absolute Gasteiger partial charge is 0.480 e. The van der Waals surface area contributed by atoms with Crippen LogP contribution in [-0.2, 0) is 26.0 Å². The molecule has 0 radical (unpaired) electrons. The van der Waals surface area contributed by atoms with Crippen LogP contribution in [0.3, 0.4) is 0 Å². The molecule has 4 rings (SSSR count). The number of nitrogens with zero attached hydrogens (tertiary/aromatic N) is 1. The third-order valence-electron chi connectivity index (χ3n) is 6.40. The first-order valence-electron chi connectivity index (χ1n) is 11.9. The molecule has 12 heteroatoms. The Morgan fingerprint density at radius 1 is 0.949 bits per heavy atom. The molecule has 204 valence electrons. The van der Waals surface area contributed by atoms with E-state index in [0.717, 1.165) is 9.87 Å². The highest BCUT2D eigenvalue weighted by Gasteiger charge is 2.40. The number of halogens is 2. The van der Waals surface area contributed by atoms with Crippen LogP contribution >= 0.6 is 23.2 Å². The van der Waals surface area contributed by atoms with E-state index in [4.69, 9.17) is 23.2 Å². The second-order valence-corrected chi connectivity index (χ2v) is 11.8. The van der Waals surface area contributed by atoms with Gasteiger partial charge in [-0.15, -0.1) is 0 Å². The fourth-order valence-corrected chi connectivity index (χ4v) is 6.86. The third-order valence-corrected chi connectivity index (χ3v) is 8.72. The van der Waals surface area contributed by atoms with E-state index in [1.165, 1.54) is 30.3 Å². The van der Waals surface area contributed by atoms with E-state index in [1.54, 1.807) is 36.4 Å². The molecular formula is C27H24Cl2N2O7S. The Morgan fingerprint density at radius 2 is 1.62 bits per heavy atom. The SMILES string of the molecule is O=C(O)c1cccc(-c2ccc(C[C@H](NC(=O)[C@@H]3CCCN3S(=O)(=O)c3cc(Cl)cc(Cl)c3)C(=O)O)cc2)c1. The van der Waals surface area contributed by atoms with Gasteiger partial charge in [0.25, 0.3) is 0 Å². The van der Waals surface area contributed by atoms with E-state index in [9.17, 15) is 33.0 Å². The fraction of sp³-hybridized carbons (Fsp3) is 0.222. The van der Waals surface area contributed by atoms with Gasteiger partial charge in [-0.2, -0.15) is 4.31 Å². The van der Waals surface area contributed by atoms with Crippen LogP contribution in [0.1, 0.15) is 28.8 Å². The number of carbonyl (C=O) groups is 3. The summed E-state index contributed by atoms with van der Waals surface area (Å²) in [5, 5.41) is 21.7. The van der Waals surface area contributed by atoms with Crippen molar-refractivity contribution in [1.82, 2.24) is 9.62 Å². The van der Waals surface area contributed by atoms with E-state index >= 15 is 0 Å². The van der Waals surface area contributed by atoms with Gasteiger partial charge in [-0.1, -0.05) is 59.6 Å². The number of benzene rings is 3. The molecule has 0 bridgehead atoms. The number of rotatable bonds is 9. The van der Waals surface area contributed by atoms with Crippen molar-refractivity contribution in [2.24, 2.45) is 0 Å². The highest BCUT2D eigenvalue weighted by Crippen LogP contribution is 2.30. The molecule has 0 aromatic heterocycles. The summed E-state index contributed by atoms with van der Waals surface area (Å²) in [5.41, 5.74) is 2.19. The predicted octanol–water partition coefficient (Wildman–Crippen LogP) is 4.32. The topological polar surface area (TPSA) is 141 Å². The number of aromatic carboxylic acids is 1. The first-order valence-corrected chi connectivity index (χ1v) is 14.1.